The molecule has 1 saturated carbocycles. The molecule has 2 aliphatic heterocycles. The summed E-state index contributed by atoms with van der Waals surface area (Å²) in [5, 5.41) is 0. The zero-order valence-corrected chi connectivity index (χ0v) is 15.5. The van der Waals surface area contributed by atoms with Gasteiger partial charge >= 0.3 is 0 Å². The SMILES string of the molecule is O=C(c1ccc2c(c1)OCO2)N1CCC(c2nccn2CC2CCC2)CC1. The maximum absolute atomic E-state index is 12.9. The van der Waals surface area contributed by atoms with Crippen LogP contribution >= 0.6 is 0 Å². The second kappa shape index (κ2) is 6.91. The van der Waals surface area contributed by atoms with Crippen LogP contribution in [0, 0.1) is 5.92 Å². The number of likely N-dealkylation sites (tertiary alicyclic amines) is 1. The van der Waals surface area contributed by atoms with Gasteiger partial charge in [0.15, 0.2) is 11.5 Å². The van der Waals surface area contributed by atoms with E-state index in [0.29, 0.717) is 23.0 Å². The lowest BCUT2D eigenvalue weighted by Crippen LogP contribution is -2.38. The summed E-state index contributed by atoms with van der Waals surface area (Å²) in [6.45, 7) is 2.88. The van der Waals surface area contributed by atoms with Gasteiger partial charge in [-0.2, -0.15) is 0 Å². The predicted octanol–water partition coefficient (Wildman–Crippen LogP) is 3.43. The lowest BCUT2D eigenvalue weighted by Gasteiger charge is -2.33. The zero-order chi connectivity index (χ0) is 18.2. The van der Waals surface area contributed by atoms with Gasteiger partial charge < -0.3 is 18.9 Å². The molecule has 0 spiro atoms. The van der Waals surface area contributed by atoms with Crippen LogP contribution in [0.1, 0.15) is 54.2 Å². The molecule has 1 saturated heterocycles. The number of benzene rings is 1. The highest BCUT2D eigenvalue weighted by Gasteiger charge is 2.28. The number of aromatic nitrogens is 2. The molecule has 27 heavy (non-hydrogen) atoms. The van der Waals surface area contributed by atoms with Crippen LogP contribution in [0.5, 0.6) is 11.5 Å². The number of carbonyl (C=O) groups excluding carboxylic acids is 1. The maximum atomic E-state index is 12.9. The third-order valence-corrected chi connectivity index (χ3v) is 6.19. The predicted molar refractivity (Wildman–Crippen MR) is 100 cm³/mol. The van der Waals surface area contributed by atoms with Crippen molar-refractivity contribution in [3.8, 4) is 11.5 Å². The zero-order valence-electron chi connectivity index (χ0n) is 15.5. The van der Waals surface area contributed by atoms with E-state index in [1.807, 2.05) is 23.2 Å². The standard InChI is InChI=1S/C21H25N3O3/c25-21(17-4-5-18-19(12-17)27-14-26-18)23-9-6-16(7-10-23)20-22-8-11-24(20)13-15-2-1-3-15/h4-5,8,11-12,15-16H,1-3,6-7,9-10,13-14H2. The minimum atomic E-state index is 0.0737. The molecule has 0 atom stereocenters. The molecule has 2 fully saturated rings. The Hall–Kier alpha value is -2.50. The monoisotopic (exact) mass is 367 g/mol. The fourth-order valence-electron chi connectivity index (χ4n) is 4.34. The van der Waals surface area contributed by atoms with E-state index in [1.54, 1.807) is 6.07 Å². The second-order valence-electron chi connectivity index (χ2n) is 7.87. The molecule has 5 rings (SSSR count). The molecule has 3 aliphatic rings. The van der Waals surface area contributed by atoms with Gasteiger partial charge in [0, 0.05) is 43.5 Å². The van der Waals surface area contributed by atoms with E-state index in [4.69, 9.17) is 9.47 Å². The molecule has 6 heteroatoms. The van der Waals surface area contributed by atoms with Gasteiger partial charge in [0.05, 0.1) is 0 Å². The Morgan fingerprint density at radius 3 is 2.70 bits per heavy atom. The Morgan fingerprint density at radius 1 is 1.11 bits per heavy atom. The van der Waals surface area contributed by atoms with Gasteiger partial charge in [-0.05, 0) is 49.8 Å². The molecule has 3 heterocycles. The minimum absolute atomic E-state index is 0.0737. The van der Waals surface area contributed by atoms with Crippen LogP contribution in [0.3, 0.4) is 0 Å². The highest BCUT2D eigenvalue weighted by molar-refractivity contribution is 5.95. The number of piperidine rings is 1. The summed E-state index contributed by atoms with van der Waals surface area (Å²) in [6.07, 6.45) is 10.1. The van der Waals surface area contributed by atoms with Crippen LogP contribution in [0.25, 0.3) is 0 Å². The van der Waals surface area contributed by atoms with E-state index < -0.39 is 0 Å². The van der Waals surface area contributed by atoms with Crippen molar-refractivity contribution in [2.24, 2.45) is 5.92 Å². The lowest BCUT2D eigenvalue weighted by molar-refractivity contribution is 0.0709. The summed E-state index contributed by atoms with van der Waals surface area (Å²) in [4.78, 5) is 19.5. The van der Waals surface area contributed by atoms with Crippen molar-refractivity contribution in [1.82, 2.24) is 14.5 Å². The molecule has 0 unspecified atom stereocenters. The Morgan fingerprint density at radius 2 is 1.93 bits per heavy atom. The Balaban J connectivity index is 1.23. The number of hydrogen-bond donors (Lipinski definition) is 0. The Bertz CT molecular complexity index is 835. The fraction of sp³-hybridized carbons (Fsp3) is 0.524. The highest BCUT2D eigenvalue weighted by atomic mass is 16.7. The topological polar surface area (TPSA) is 56.6 Å². The van der Waals surface area contributed by atoms with Crippen molar-refractivity contribution in [3.05, 3.63) is 42.0 Å². The molecule has 2 aromatic rings. The smallest absolute Gasteiger partial charge is 0.253 e. The number of nitrogens with zero attached hydrogens (tertiary/aromatic N) is 3. The van der Waals surface area contributed by atoms with Crippen molar-refractivity contribution < 1.29 is 14.3 Å². The van der Waals surface area contributed by atoms with Crippen LogP contribution in [-0.4, -0.2) is 40.2 Å². The average molecular weight is 367 g/mol. The van der Waals surface area contributed by atoms with E-state index >= 15 is 0 Å². The first-order valence-electron chi connectivity index (χ1n) is 9.98. The van der Waals surface area contributed by atoms with Gasteiger partial charge in [-0.3, -0.25) is 4.79 Å². The third kappa shape index (κ3) is 3.17. The molecular formula is C21H25N3O3. The van der Waals surface area contributed by atoms with E-state index in [1.165, 1.54) is 25.1 Å². The first-order chi connectivity index (χ1) is 13.3. The first-order valence-corrected chi connectivity index (χ1v) is 9.98. The molecular weight excluding hydrogens is 342 g/mol. The number of amides is 1. The Kier molecular flexibility index (Phi) is 4.26. The van der Waals surface area contributed by atoms with E-state index in [-0.39, 0.29) is 12.7 Å². The normalized spacial score (nSPS) is 19.9. The molecule has 1 aromatic heterocycles. The van der Waals surface area contributed by atoms with Crippen LogP contribution in [0.4, 0.5) is 0 Å². The molecule has 6 nitrogen and oxygen atoms in total. The molecule has 1 amide bonds. The second-order valence-corrected chi connectivity index (χ2v) is 7.87. The van der Waals surface area contributed by atoms with Crippen molar-refractivity contribution in [1.29, 1.82) is 0 Å². The number of ether oxygens (including phenoxy) is 2. The van der Waals surface area contributed by atoms with Crippen LogP contribution < -0.4 is 9.47 Å². The number of fused-ring (bicyclic) bond motifs is 1. The maximum Gasteiger partial charge on any atom is 0.253 e. The number of rotatable bonds is 4. The quantitative estimate of drug-likeness (QED) is 0.831. The summed E-state index contributed by atoms with van der Waals surface area (Å²) in [5.74, 6) is 3.92. The number of imidazole rings is 1. The Labute approximate surface area is 159 Å². The largest absolute Gasteiger partial charge is 0.454 e. The number of hydrogen-bond acceptors (Lipinski definition) is 4. The van der Waals surface area contributed by atoms with Crippen molar-refractivity contribution in [3.63, 3.8) is 0 Å². The lowest BCUT2D eigenvalue weighted by atomic mass is 9.85. The summed E-state index contributed by atoms with van der Waals surface area (Å²) < 4.78 is 13.1. The van der Waals surface area contributed by atoms with E-state index in [9.17, 15) is 4.79 Å². The molecule has 1 aromatic carbocycles. The molecule has 142 valence electrons. The van der Waals surface area contributed by atoms with Crippen LogP contribution in [-0.2, 0) is 6.54 Å². The summed E-state index contributed by atoms with van der Waals surface area (Å²) in [5.41, 5.74) is 0.671. The van der Waals surface area contributed by atoms with Gasteiger partial charge in [-0.15, -0.1) is 0 Å². The highest BCUT2D eigenvalue weighted by Crippen LogP contribution is 2.34. The molecule has 1 aliphatic carbocycles. The van der Waals surface area contributed by atoms with E-state index in [0.717, 1.165) is 38.4 Å². The van der Waals surface area contributed by atoms with Crippen LogP contribution in [0.2, 0.25) is 0 Å². The minimum Gasteiger partial charge on any atom is -0.454 e. The summed E-state index contributed by atoms with van der Waals surface area (Å²) in [7, 11) is 0. The van der Waals surface area contributed by atoms with Gasteiger partial charge in [0.2, 0.25) is 6.79 Å². The van der Waals surface area contributed by atoms with Crippen molar-refractivity contribution in [2.75, 3.05) is 19.9 Å². The third-order valence-electron chi connectivity index (χ3n) is 6.19. The van der Waals surface area contributed by atoms with Crippen LogP contribution in [0.15, 0.2) is 30.6 Å². The van der Waals surface area contributed by atoms with Crippen molar-refractivity contribution in [2.45, 2.75) is 44.6 Å². The van der Waals surface area contributed by atoms with Gasteiger partial charge in [-0.25, -0.2) is 4.98 Å². The van der Waals surface area contributed by atoms with Gasteiger partial charge in [-0.1, -0.05) is 6.42 Å². The van der Waals surface area contributed by atoms with Gasteiger partial charge in [0.1, 0.15) is 5.82 Å². The van der Waals surface area contributed by atoms with Gasteiger partial charge in [0.25, 0.3) is 5.91 Å². The summed E-state index contributed by atoms with van der Waals surface area (Å²) in [6, 6.07) is 5.44. The molecule has 0 N–H and O–H groups in total. The van der Waals surface area contributed by atoms with E-state index in [2.05, 4.69) is 15.7 Å². The molecule has 0 bridgehead atoms. The average Bonchev–Trinajstić information content (AvgIpc) is 3.32. The first kappa shape index (κ1) is 16.7. The van der Waals surface area contributed by atoms with Crippen molar-refractivity contribution >= 4 is 5.91 Å². The number of carbonyl (C=O) groups is 1. The molecule has 0 radical (unpaired) electrons. The summed E-state index contributed by atoms with van der Waals surface area (Å²) >= 11 is 0. The fourth-order valence-corrected chi connectivity index (χ4v) is 4.34.